The highest BCUT2D eigenvalue weighted by Gasteiger charge is 2.44. The third kappa shape index (κ3) is 4.80. The molecule has 0 aliphatic heterocycles. The quantitative estimate of drug-likeness (QED) is 0.599. The van der Waals surface area contributed by atoms with Crippen LogP contribution in [-0.2, 0) is 26.2 Å². The number of hydrogen-bond acceptors (Lipinski definition) is 4. The molecule has 1 N–H and O–H groups in total. The van der Waals surface area contributed by atoms with Crippen molar-refractivity contribution in [1.82, 2.24) is 10.3 Å². The van der Waals surface area contributed by atoms with E-state index in [9.17, 15) is 9.59 Å². The van der Waals surface area contributed by atoms with E-state index in [0.717, 1.165) is 29.4 Å². The van der Waals surface area contributed by atoms with Gasteiger partial charge in [-0.15, -0.1) is 0 Å². The molecule has 0 atom stereocenters. The first-order valence-electron chi connectivity index (χ1n) is 9.97. The molecule has 1 aliphatic carbocycles. The second kappa shape index (κ2) is 8.43. The molecule has 1 fully saturated rings. The molecule has 1 aromatic heterocycles. The minimum Gasteiger partial charge on any atom is -0.456 e. The summed E-state index contributed by atoms with van der Waals surface area (Å²) < 4.78 is 5.13. The maximum atomic E-state index is 12.1. The van der Waals surface area contributed by atoms with E-state index in [1.165, 1.54) is 5.56 Å². The SMILES string of the molecule is O=C(COC(=O)CCc1ccc2ccccc2n1)NCC1(c2ccccc2)CC1. The number of benzene rings is 2. The lowest BCUT2D eigenvalue weighted by Gasteiger charge is -2.16. The molecule has 5 nitrogen and oxygen atoms in total. The molecule has 1 saturated carbocycles. The van der Waals surface area contributed by atoms with Gasteiger partial charge in [-0.2, -0.15) is 0 Å². The average Bonchev–Trinajstić information content (AvgIpc) is 3.56. The number of nitrogens with one attached hydrogen (secondary N) is 1. The van der Waals surface area contributed by atoms with E-state index in [1.807, 2.05) is 54.6 Å². The van der Waals surface area contributed by atoms with Crippen molar-refractivity contribution in [2.24, 2.45) is 0 Å². The second-order valence-electron chi connectivity index (χ2n) is 7.58. The zero-order valence-electron chi connectivity index (χ0n) is 16.3. The van der Waals surface area contributed by atoms with Gasteiger partial charge in [0.15, 0.2) is 6.61 Å². The van der Waals surface area contributed by atoms with Crippen LogP contribution >= 0.6 is 0 Å². The number of hydrogen-bond donors (Lipinski definition) is 1. The molecule has 0 unspecified atom stereocenters. The molecule has 1 amide bonds. The summed E-state index contributed by atoms with van der Waals surface area (Å²) in [5, 5.41) is 3.97. The third-order valence-corrected chi connectivity index (χ3v) is 5.47. The van der Waals surface area contributed by atoms with E-state index in [2.05, 4.69) is 22.4 Å². The van der Waals surface area contributed by atoms with Gasteiger partial charge in [-0.3, -0.25) is 14.6 Å². The molecule has 2 aromatic carbocycles. The smallest absolute Gasteiger partial charge is 0.306 e. The van der Waals surface area contributed by atoms with Gasteiger partial charge < -0.3 is 10.1 Å². The van der Waals surface area contributed by atoms with Gasteiger partial charge in [0, 0.05) is 29.5 Å². The number of fused-ring (bicyclic) bond motifs is 1. The number of para-hydroxylation sites is 1. The highest BCUT2D eigenvalue weighted by atomic mass is 16.5. The Balaban J connectivity index is 1.20. The maximum Gasteiger partial charge on any atom is 0.306 e. The fourth-order valence-electron chi connectivity index (χ4n) is 3.52. The normalized spacial score (nSPS) is 14.3. The van der Waals surface area contributed by atoms with Gasteiger partial charge in [0.05, 0.1) is 11.9 Å². The Bertz CT molecular complexity index is 1010. The standard InChI is InChI=1S/C24H24N2O3/c27-22(25-17-24(14-15-24)19-7-2-1-3-8-19)16-29-23(28)13-12-20-11-10-18-6-4-5-9-21(18)26-20/h1-11H,12-17H2,(H,25,27). The van der Waals surface area contributed by atoms with Crippen LogP contribution in [0.3, 0.4) is 0 Å². The number of carbonyl (C=O) groups is 2. The summed E-state index contributed by atoms with van der Waals surface area (Å²) in [6, 6.07) is 22.0. The van der Waals surface area contributed by atoms with Gasteiger partial charge in [-0.05, 0) is 30.5 Å². The second-order valence-corrected chi connectivity index (χ2v) is 7.58. The summed E-state index contributed by atoms with van der Waals surface area (Å²) in [7, 11) is 0. The van der Waals surface area contributed by atoms with Crippen LogP contribution in [0, 0.1) is 0 Å². The van der Waals surface area contributed by atoms with Crippen LogP contribution in [-0.4, -0.2) is 30.0 Å². The van der Waals surface area contributed by atoms with Crippen LogP contribution < -0.4 is 5.32 Å². The van der Waals surface area contributed by atoms with Crippen molar-refractivity contribution in [3.63, 3.8) is 0 Å². The van der Waals surface area contributed by atoms with Crippen molar-refractivity contribution in [2.75, 3.05) is 13.2 Å². The van der Waals surface area contributed by atoms with Crippen molar-refractivity contribution in [3.05, 3.63) is 78.0 Å². The Morgan fingerprint density at radius 3 is 2.52 bits per heavy atom. The molecule has 4 rings (SSSR count). The monoisotopic (exact) mass is 388 g/mol. The van der Waals surface area contributed by atoms with Crippen molar-refractivity contribution < 1.29 is 14.3 Å². The topological polar surface area (TPSA) is 68.3 Å². The summed E-state index contributed by atoms with van der Waals surface area (Å²) in [5.41, 5.74) is 3.04. The summed E-state index contributed by atoms with van der Waals surface area (Å²) in [6.45, 7) is 0.337. The van der Waals surface area contributed by atoms with E-state index in [-0.39, 0.29) is 30.3 Å². The lowest BCUT2D eigenvalue weighted by Crippen LogP contribution is -2.35. The Morgan fingerprint density at radius 1 is 0.966 bits per heavy atom. The Hall–Kier alpha value is -3.21. The molecule has 1 heterocycles. The first-order chi connectivity index (χ1) is 14.1. The minimum absolute atomic E-state index is 0.0443. The molecule has 0 bridgehead atoms. The van der Waals surface area contributed by atoms with Gasteiger partial charge in [-0.1, -0.05) is 54.6 Å². The molecule has 29 heavy (non-hydrogen) atoms. The molecular formula is C24H24N2O3. The first-order valence-corrected chi connectivity index (χ1v) is 9.97. The third-order valence-electron chi connectivity index (χ3n) is 5.47. The van der Waals surface area contributed by atoms with Crippen LogP contribution in [0.2, 0.25) is 0 Å². The molecule has 0 radical (unpaired) electrons. The van der Waals surface area contributed by atoms with Crippen molar-refractivity contribution >= 4 is 22.8 Å². The molecule has 5 heteroatoms. The number of nitrogens with zero attached hydrogens (tertiary/aromatic N) is 1. The molecule has 1 aliphatic rings. The first kappa shape index (κ1) is 19.1. The zero-order chi connectivity index (χ0) is 20.1. The fraction of sp³-hybridized carbons (Fsp3) is 0.292. The van der Waals surface area contributed by atoms with Crippen LogP contribution in [0.4, 0.5) is 0 Å². The van der Waals surface area contributed by atoms with Gasteiger partial charge in [0.2, 0.25) is 0 Å². The van der Waals surface area contributed by atoms with E-state index >= 15 is 0 Å². The molecule has 0 saturated heterocycles. The lowest BCUT2D eigenvalue weighted by atomic mass is 9.96. The van der Waals surface area contributed by atoms with Gasteiger partial charge in [0.1, 0.15) is 0 Å². The summed E-state index contributed by atoms with van der Waals surface area (Å²) >= 11 is 0. The van der Waals surface area contributed by atoms with E-state index < -0.39 is 0 Å². The lowest BCUT2D eigenvalue weighted by molar-refractivity contribution is -0.148. The average molecular weight is 388 g/mol. The Morgan fingerprint density at radius 2 is 1.72 bits per heavy atom. The summed E-state index contributed by atoms with van der Waals surface area (Å²) in [5.74, 6) is -0.649. The number of amides is 1. The summed E-state index contributed by atoms with van der Waals surface area (Å²) in [4.78, 5) is 28.6. The minimum atomic E-state index is -0.390. The predicted molar refractivity (Wildman–Crippen MR) is 111 cm³/mol. The highest BCUT2D eigenvalue weighted by Crippen LogP contribution is 2.47. The van der Waals surface area contributed by atoms with Crippen molar-refractivity contribution in [3.8, 4) is 0 Å². The van der Waals surface area contributed by atoms with Crippen molar-refractivity contribution in [2.45, 2.75) is 31.1 Å². The van der Waals surface area contributed by atoms with E-state index in [4.69, 9.17) is 4.74 Å². The number of aryl methyl sites for hydroxylation is 1. The van der Waals surface area contributed by atoms with Gasteiger partial charge >= 0.3 is 5.97 Å². The number of rotatable bonds is 8. The molecule has 3 aromatic rings. The Kier molecular flexibility index (Phi) is 5.56. The van der Waals surface area contributed by atoms with Crippen LogP contribution in [0.25, 0.3) is 10.9 Å². The number of esters is 1. The number of pyridine rings is 1. The predicted octanol–water partition coefficient (Wildman–Crippen LogP) is 3.56. The summed E-state index contributed by atoms with van der Waals surface area (Å²) in [6.07, 6.45) is 2.82. The number of carbonyl (C=O) groups excluding carboxylic acids is 2. The number of ether oxygens (including phenoxy) is 1. The van der Waals surface area contributed by atoms with Crippen LogP contribution in [0.1, 0.15) is 30.5 Å². The van der Waals surface area contributed by atoms with Crippen LogP contribution in [0.15, 0.2) is 66.7 Å². The zero-order valence-corrected chi connectivity index (χ0v) is 16.3. The van der Waals surface area contributed by atoms with Gasteiger partial charge in [-0.25, -0.2) is 0 Å². The van der Waals surface area contributed by atoms with Crippen molar-refractivity contribution in [1.29, 1.82) is 0 Å². The van der Waals surface area contributed by atoms with E-state index in [1.54, 1.807) is 0 Å². The Labute approximate surface area is 170 Å². The van der Waals surface area contributed by atoms with E-state index in [0.29, 0.717) is 13.0 Å². The van der Waals surface area contributed by atoms with Gasteiger partial charge in [0.25, 0.3) is 5.91 Å². The number of aromatic nitrogens is 1. The fourth-order valence-corrected chi connectivity index (χ4v) is 3.52. The molecular weight excluding hydrogens is 364 g/mol. The molecule has 0 spiro atoms. The largest absolute Gasteiger partial charge is 0.456 e. The molecule has 148 valence electrons. The highest BCUT2D eigenvalue weighted by molar-refractivity contribution is 5.81. The van der Waals surface area contributed by atoms with Crippen LogP contribution in [0.5, 0.6) is 0 Å². The maximum absolute atomic E-state index is 12.1.